The van der Waals surface area contributed by atoms with Gasteiger partial charge in [-0.2, -0.15) is 0 Å². The minimum absolute atomic E-state index is 0.250. The van der Waals surface area contributed by atoms with Gasteiger partial charge in [0, 0.05) is 12.1 Å². The van der Waals surface area contributed by atoms with E-state index >= 15 is 0 Å². The molecule has 6 heteroatoms. The first-order valence-electron chi connectivity index (χ1n) is 5.23. The average molecular weight is 309 g/mol. The van der Waals surface area contributed by atoms with Gasteiger partial charge < -0.3 is 14.1 Å². The van der Waals surface area contributed by atoms with Gasteiger partial charge in [-0.1, -0.05) is 0 Å². The molecule has 1 aromatic carbocycles. The van der Waals surface area contributed by atoms with E-state index in [0.29, 0.717) is 21.8 Å². The summed E-state index contributed by atoms with van der Waals surface area (Å²) in [4.78, 5) is 14.7. The maximum atomic E-state index is 11.9. The number of rotatable bonds is 2. The van der Waals surface area contributed by atoms with Crippen molar-refractivity contribution in [2.24, 2.45) is 0 Å². The molecule has 0 spiro atoms. The summed E-state index contributed by atoms with van der Waals surface area (Å²) < 4.78 is 12.6. The van der Waals surface area contributed by atoms with Crippen molar-refractivity contribution in [3.8, 4) is 11.6 Å². The van der Waals surface area contributed by atoms with Crippen LogP contribution in [0.5, 0.6) is 5.75 Å². The Morgan fingerprint density at radius 1 is 1.33 bits per heavy atom. The van der Waals surface area contributed by atoms with Crippen LogP contribution in [0.15, 0.2) is 44.2 Å². The number of imidazole rings is 1. The molecule has 1 N–H and O–H groups in total. The summed E-state index contributed by atoms with van der Waals surface area (Å²) in [5.41, 5.74) is 1.19. The molecule has 92 valence electrons. The van der Waals surface area contributed by atoms with Gasteiger partial charge in [0.25, 0.3) is 0 Å². The number of hydrogen-bond acceptors (Lipinski definition) is 3. The molecular formula is C12H9BrN2O3. The maximum absolute atomic E-state index is 11.9. The van der Waals surface area contributed by atoms with Crippen molar-refractivity contribution in [1.82, 2.24) is 9.55 Å². The van der Waals surface area contributed by atoms with Crippen LogP contribution in [-0.4, -0.2) is 16.7 Å². The summed E-state index contributed by atoms with van der Waals surface area (Å²) in [7, 11) is 1.58. The minimum Gasteiger partial charge on any atom is -0.497 e. The van der Waals surface area contributed by atoms with Crippen LogP contribution in [0.25, 0.3) is 16.9 Å². The Morgan fingerprint density at radius 3 is 2.83 bits per heavy atom. The van der Waals surface area contributed by atoms with Crippen molar-refractivity contribution in [2.45, 2.75) is 0 Å². The van der Waals surface area contributed by atoms with Gasteiger partial charge in [0.15, 0.2) is 4.67 Å². The van der Waals surface area contributed by atoms with E-state index in [9.17, 15) is 4.79 Å². The Labute approximate surface area is 110 Å². The first kappa shape index (κ1) is 11.2. The standard InChI is InChI=1S/C12H9BrN2O3/c1-17-7-2-3-8-9(6-7)15(12(16)14-8)11-5-4-10(13)18-11/h2-6H,1H3,(H,14,16). The number of H-pyrrole nitrogens is 1. The zero-order valence-corrected chi connectivity index (χ0v) is 11.0. The molecule has 0 fully saturated rings. The van der Waals surface area contributed by atoms with Crippen LogP contribution in [0.3, 0.4) is 0 Å². The predicted molar refractivity (Wildman–Crippen MR) is 70.4 cm³/mol. The molecule has 0 amide bonds. The number of nitrogens with one attached hydrogen (secondary N) is 1. The summed E-state index contributed by atoms with van der Waals surface area (Å²) in [6.07, 6.45) is 0. The highest BCUT2D eigenvalue weighted by Crippen LogP contribution is 2.23. The molecule has 0 unspecified atom stereocenters. The van der Waals surface area contributed by atoms with E-state index in [0.717, 1.165) is 5.52 Å². The molecule has 2 aromatic heterocycles. The smallest absolute Gasteiger partial charge is 0.333 e. The quantitative estimate of drug-likeness (QED) is 0.792. The Kier molecular flexibility index (Phi) is 2.52. The second-order valence-corrected chi connectivity index (χ2v) is 4.51. The van der Waals surface area contributed by atoms with Gasteiger partial charge in [-0.3, -0.25) is 0 Å². The zero-order chi connectivity index (χ0) is 12.7. The summed E-state index contributed by atoms with van der Waals surface area (Å²) in [5, 5.41) is 0. The maximum Gasteiger partial charge on any atom is 0.333 e. The average Bonchev–Trinajstić information content (AvgIpc) is 2.90. The van der Waals surface area contributed by atoms with Crippen LogP contribution >= 0.6 is 15.9 Å². The Bertz CT molecular complexity index is 769. The largest absolute Gasteiger partial charge is 0.497 e. The van der Waals surface area contributed by atoms with E-state index in [-0.39, 0.29) is 5.69 Å². The Balaban J connectivity index is 2.33. The molecule has 3 rings (SSSR count). The first-order chi connectivity index (χ1) is 8.69. The molecule has 0 saturated carbocycles. The van der Waals surface area contributed by atoms with Crippen molar-refractivity contribution in [3.63, 3.8) is 0 Å². The Hall–Kier alpha value is -1.95. The van der Waals surface area contributed by atoms with Gasteiger partial charge in [0.2, 0.25) is 5.88 Å². The van der Waals surface area contributed by atoms with Gasteiger partial charge in [0.05, 0.1) is 18.1 Å². The normalized spacial score (nSPS) is 11.0. The number of benzene rings is 1. The molecule has 0 aliphatic carbocycles. The number of furan rings is 1. The summed E-state index contributed by atoms with van der Waals surface area (Å²) in [6.45, 7) is 0. The number of aromatic nitrogens is 2. The van der Waals surface area contributed by atoms with Crippen molar-refractivity contribution in [3.05, 3.63) is 45.5 Å². The number of hydrogen-bond donors (Lipinski definition) is 1. The number of ether oxygens (including phenoxy) is 1. The second kappa shape index (κ2) is 4.06. The van der Waals surface area contributed by atoms with E-state index in [1.165, 1.54) is 4.57 Å². The van der Waals surface area contributed by atoms with Crippen LogP contribution < -0.4 is 10.4 Å². The number of halogens is 1. The molecule has 0 aliphatic rings. The fourth-order valence-corrected chi connectivity index (χ4v) is 2.15. The van der Waals surface area contributed by atoms with Crippen LogP contribution in [0, 0.1) is 0 Å². The van der Waals surface area contributed by atoms with Gasteiger partial charge in [-0.25, -0.2) is 9.36 Å². The van der Waals surface area contributed by atoms with Crippen molar-refractivity contribution in [2.75, 3.05) is 7.11 Å². The summed E-state index contributed by atoms with van der Waals surface area (Å²) >= 11 is 3.22. The van der Waals surface area contributed by atoms with Crippen LogP contribution in [0.1, 0.15) is 0 Å². The number of nitrogens with zero attached hydrogens (tertiary/aromatic N) is 1. The topological polar surface area (TPSA) is 60.2 Å². The van der Waals surface area contributed by atoms with Gasteiger partial charge in [-0.05, 0) is 34.1 Å². The highest BCUT2D eigenvalue weighted by atomic mass is 79.9. The predicted octanol–water partition coefficient (Wildman–Crippen LogP) is 2.68. The van der Waals surface area contributed by atoms with Crippen LogP contribution in [0.4, 0.5) is 0 Å². The Morgan fingerprint density at radius 2 is 2.17 bits per heavy atom. The third kappa shape index (κ3) is 1.65. The van der Waals surface area contributed by atoms with Crippen molar-refractivity contribution >= 4 is 27.0 Å². The fraction of sp³-hybridized carbons (Fsp3) is 0.0833. The van der Waals surface area contributed by atoms with Gasteiger partial charge >= 0.3 is 5.69 Å². The first-order valence-corrected chi connectivity index (χ1v) is 6.03. The second-order valence-electron chi connectivity index (χ2n) is 3.73. The highest BCUT2D eigenvalue weighted by molar-refractivity contribution is 9.10. The molecule has 2 heterocycles. The van der Waals surface area contributed by atoms with Crippen molar-refractivity contribution in [1.29, 1.82) is 0 Å². The fourth-order valence-electron chi connectivity index (χ4n) is 1.85. The zero-order valence-electron chi connectivity index (χ0n) is 9.44. The molecule has 0 atom stereocenters. The molecule has 0 aliphatic heterocycles. The lowest BCUT2D eigenvalue weighted by Crippen LogP contribution is -2.13. The number of methoxy groups -OCH3 is 1. The van der Waals surface area contributed by atoms with Gasteiger partial charge in [0.1, 0.15) is 5.75 Å². The lowest BCUT2D eigenvalue weighted by molar-refractivity contribution is 0.415. The molecular weight excluding hydrogens is 300 g/mol. The van der Waals surface area contributed by atoms with Crippen LogP contribution in [-0.2, 0) is 0 Å². The summed E-state index contributed by atoms with van der Waals surface area (Å²) in [5.74, 6) is 1.13. The van der Waals surface area contributed by atoms with Gasteiger partial charge in [-0.15, -0.1) is 0 Å². The lowest BCUT2D eigenvalue weighted by atomic mass is 10.3. The SMILES string of the molecule is COc1ccc2[nH]c(=O)n(-c3ccc(Br)o3)c2c1. The minimum atomic E-state index is -0.250. The molecule has 0 saturated heterocycles. The highest BCUT2D eigenvalue weighted by Gasteiger charge is 2.12. The van der Waals surface area contributed by atoms with Crippen LogP contribution in [0.2, 0.25) is 0 Å². The van der Waals surface area contributed by atoms with Crippen molar-refractivity contribution < 1.29 is 9.15 Å². The number of aromatic amines is 1. The van der Waals surface area contributed by atoms with E-state index in [1.54, 1.807) is 37.4 Å². The molecule has 0 bridgehead atoms. The molecule has 0 radical (unpaired) electrons. The van der Waals surface area contributed by atoms with E-state index in [4.69, 9.17) is 9.15 Å². The monoisotopic (exact) mass is 308 g/mol. The molecule has 5 nitrogen and oxygen atoms in total. The van der Waals surface area contributed by atoms with E-state index < -0.39 is 0 Å². The molecule has 3 aromatic rings. The molecule has 18 heavy (non-hydrogen) atoms. The third-order valence-electron chi connectivity index (χ3n) is 2.67. The lowest BCUT2D eigenvalue weighted by Gasteiger charge is -2.01. The van der Waals surface area contributed by atoms with E-state index in [2.05, 4.69) is 20.9 Å². The number of fused-ring (bicyclic) bond motifs is 1. The van der Waals surface area contributed by atoms with E-state index in [1.807, 2.05) is 0 Å². The third-order valence-corrected chi connectivity index (χ3v) is 3.10. The summed E-state index contributed by atoms with van der Waals surface area (Å²) in [6, 6.07) is 8.83.